The highest BCUT2D eigenvalue weighted by Crippen LogP contribution is 2.08. The van der Waals surface area contributed by atoms with Crippen LogP contribution in [0.4, 0.5) is 0 Å². The predicted octanol–water partition coefficient (Wildman–Crippen LogP) is 2.64. The van der Waals surface area contributed by atoms with Crippen LogP contribution >= 0.6 is 22.7 Å². The van der Waals surface area contributed by atoms with E-state index in [4.69, 9.17) is 10.8 Å². The van der Waals surface area contributed by atoms with Crippen molar-refractivity contribution in [3.8, 4) is 0 Å². The second-order valence-corrected chi connectivity index (χ2v) is 5.17. The van der Waals surface area contributed by atoms with Gasteiger partial charge in [0.1, 0.15) is 0 Å². The molecule has 16 heavy (non-hydrogen) atoms. The average molecular weight is 253 g/mol. The van der Waals surface area contributed by atoms with Crippen LogP contribution in [0.5, 0.6) is 0 Å². The molecule has 0 aliphatic heterocycles. The van der Waals surface area contributed by atoms with E-state index in [2.05, 4.69) is 0 Å². The van der Waals surface area contributed by atoms with Crippen LogP contribution in [0.2, 0.25) is 0 Å². The summed E-state index contributed by atoms with van der Waals surface area (Å²) >= 11 is 3.37. The fourth-order valence-corrected chi connectivity index (χ4v) is 2.53. The van der Waals surface area contributed by atoms with E-state index in [1.807, 2.05) is 35.0 Å². The Morgan fingerprint density at radius 3 is 1.94 bits per heavy atom. The highest BCUT2D eigenvalue weighted by atomic mass is 32.1. The Bertz CT molecular complexity index is 307. The lowest BCUT2D eigenvalue weighted by Crippen LogP contribution is -1.86. The lowest BCUT2D eigenvalue weighted by atomic mass is 10.3. The van der Waals surface area contributed by atoms with Gasteiger partial charge in [-0.3, -0.25) is 0 Å². The van der Waals surface area contributed by atoms with Gasteiger partial charge in [0.05, 0.1) is 0 Å². The minimum absolute atomic E-state index is 0.264. The van der Waals surface area contributed by atoms with Crippen LogP contribution in [0.25, 0.3) is 0 Å². The summed E-state index contributed by atoms with van der Waals surface area (Å²) in [4.78, 5) is 2.51. The number of aliphatic hydroxyl groups excluding tert-OH is 1. The summed E-state index contributed by atoms with van der Waals surface area (Å²) in [6, 6.07) is 8.05. The van der Waals surface area contributed by atoms with E-state index in [1.54, 1.807) is 22.7 Å². The molecule has 0 aliphatic rings. The Labute approximate surface area is 104 Å². The standard InChI is InChI=1S/C6H7NS.C6H8OS/c2*7-4-3-6-2-1-5-8-6/h1-2,5H,3-4H2;1-2,5,7H,3-4H2. The van der Waals surface area contributed by atoms with Gasteiger partial charge in [-0.25, -0.2) is 0 Å². The maximum atomic E-state index is 8.44. The van der Waals surface area contributed by atoms with Gasteiger partial charge in [0.25, 0.3) is 0 Å². The van der Waals surface area contributed by atoms with Crippen LogP contribution in [-0.2, 0) is 12.8 Å². The van der Waals surface area contributed by atoms with Crippen LogP contribution in [0.1, 0.15) is 9.75 Å². The Morgan fingerprint density at radius 1 is 1.00 bits per heavy atom. The van der Waals surface area contributed by atoms with Gasteiger partial charge in [-0.2, -0.15) is 0 Å². The quantitative estimate of drug-likeness (QED) is 0.894. The highest BCUT2D eigenvalue weighted by molar-refractivity contribution is 7.10. The van der Waals surface area contributed by atoms with E-state index in [0.29, 0.717) is 0 Å². The first kappa shape index (κ1) is 13.4. The summed E-state index contributed by atoms with van der Waals surface area (Å²) in [6.07, 6.45) is 1.61. The summed E-state index contributed by atoms with van der Waals surface area (Å²) < 4.78 is 0. The van der Waals surface area contributed by atoms with E-state index < -0.39 is 0 Å². The molecule has 2 nitrogen and oxygen atoms in total. The summed E-state index contributed by atoms with van der Waals surface area (Å²) in [6.45, 7) is 0.529. The normalized spacial score (nSPS) is 9.62. The van der Waals surface area contributed by atoms with E-state index in [9.17, 15) is 0 Å². The molecule has 0 aromatic carbocycles. The van der Waals surface area contributed by atoms with Crippen LogP contribution in [0, 0.1) is 0 Å². The van der Waals surface area contributed by atoms with E-state index >= 15 is 0 Å². The molecule has 4 heteroatoms. The number of hydrogen-bond donors (Lipinski definition) is 1. The molecule has 2 radical (unpaired) electrons. The smallest absolute Gasteiger partial charge is 0.0479 e. The number of nitrogens with zero attached hydrogens (tertiary/aromatic N) is 1. The molecule has 0 fully saturated rings. The first-order valence-electron chi connectivity index (χ1n) is 5.13. The third-order valence-corrected chi connectivity index (χ3v) is 3.75. The molecule has 0 atom stereocenters. The van der Waals surface area contributed by atoms with Crippen LogP contribution in [0.15, 0.2) is 35.0 Å². The molecule has 0 spiro atoms. The number of aliphatic hydroxyl groups is 1. The topological polar surface area (TPSA) is 42.5 Å². The molecule has 0 bridgehead atoms. The molecule has 0 amide bonds. The van der Waals surface area contributed by atoms with E-state index in [0.717, 1.165) is 12.8 Å². The second-order valence-electron chi connectivity index (χ2n) is 3.11. The third-order valence-electron chi connectivity index (χ3n) is 1.88. The van der Waals surface area contributed by atoms with Gasteiger partial charge in [-0.05, 0) is 29.3 Å². The van der Waals surface area contributed by atoms with Crippen LogP contribution in [0.3, 0.4) is 0 Å². The first-order valence-corrected chi connectivity index (χ1v) is 6.89. The zero-order chi connectivity index (χ0) is 11.6. The largest absolute Gasteiger partial charge is 0.396 e. The maximum absolute atomic E-state index is 8.44. The molecule has 0 aliphatic carbocycles. The molecule has 0 unspecified atom stereocenters. The predicted molar refractivity (Wildman–Crippen MR) is 70.1 cm³/mol. The fraction of sp³-hybridized carbons (Fsp3) is 0.333. The number of thiophene rings is 2. The van der Waals surface area contributed by atoms with Gasteiger partial charge in [0.15, 0.2) is 0 Å². The Kier molecular flexibility index (Phi) is 7.09. The molecule has 0 saturated heterocycles. The van der Waals surface area contributed by atoms with Crippen molar-refractivity contribution in [3.05, 3.63) is 44.8 Å². The summed E-state index contributed by atoms with van der Waals surface area (Å²) in [5, 5.41) is 12.5. The fourth-order valence-electron chi connectivity index (χ4n) is 1.13. The van der Waals surface area contributed by atoms with E-state index in [-0.39, 0.29) is 13.2 Å². The van der Waals surface area contributed by atoms with Gasteiger partial charge in [0, 0.05) is 29.3 Å². The molecule has 0 saturated carbocycles. The molecule has 2 aromatic rings. The Morgan fingerprint density at radius 2 is 1.56 bits per heavy atom. The maximum Gasteiger partial charge on any atom is 0.0479 e. The Hall–Kier alpha value is -0.680. The third kappa shape index (κ3) is 5.42. The minimum Gasteiger partial charge on any atom is -0.396 e. The zero-order valence-corrected chi connectivity index (χ0v) is 10.6. The molecule has 2 heterocycles. The molecule has 1 N–H and O–H groups in total. The number of hydrogen-bond acceptors (Lipinski definition) is 3. The minimum atomic E-state index is 0.264. The molecule has 2 rings (SSSR count). The van der Waals surface area contributed by atoms with Gasteiger partial charge >= 0.3 is 0 Å². The average Bonchev–Trinajstić information content (AvgIpc) is 2.92. The lowest BCUT2D eigenvalue weighted by molar-refractivity contribution is 0.300. The van der Waals surface area contributed by atoms with Crippen molar-refractivity contribution in [2.45, 2.75) is 12.8 Å². The summed E-state index contributed by atoms with van der Waals surface area (Å²) in [5.41, 5.74) is 8.44. The van der Waals surface area contributed by atoms with Gasteiger partial charge < -0.3 is 5.11 Å². The van der Waals surface area contributed by atoms with Gasteiger partial charge in [-0.15, -0.1) is 28.4 Å². The van der Waals surface area contributed by atoms with Crippen LogP contribution < -0.4 is 5.73 Å². The van der Waals surface area contributed by atoms with E-state index in [1.165, 1.54) is 9.75 Å². The number of rotatable bonds is 4. The van der Waals surface area contributed by atoms with Crippen molar-refractivity contribution in [1.29, 1.82) is 0 Å². The van der Waals surface area contributed by atoms with Crippen molar-refractivity contribution in [2.75, 3.05) is 13.2 Å². The van der Waals surface area contributed by atoms with Crippen LogP contribution in [-0.4, -0.2) is 18.3 Å². The molecule has 86 valence electrons. The van der Waals surface area contributed by atoms with Crippen molar-refractivity contribution in [2.24, 2.45) is 0 Å². The molecular formula is C12H15NOS2. The molecule has 2 aromatic heterocycles. The van der Waals surface area contributed by atoms with Crippen molar-refractivity contribution >= 4 is 22.7 Å². The SMILES string of the molecule is OCCc1cccs1.[N]CCc1cccs1. The summed E-state index contributed by atoms with van der Waals surface area (Å²) in [7, 11) is 0. The second kappa shape index (κ2) is 8.47. The van der Waals surface area contributed by atoms with Gasteiger partial charge in [-0.1, -0.05) is 12.1 Å². The summed E-state index contributed by atoms with van der Waals surface area (Å²) in [5.74, 6) is 0. The Balaban J connectivity index is 0.000000160. The lowest BCUT2D eigenvalue weighted by Gasteiger charge is -1.85. The van der Waals surface area contributed by atoms with Crippen molar-refractivity contribution in [1.82, 2.24) is 5.73 Å². The van der Waals surface area contributed by atoms with Crippen molar-refractivity contribution < 1.29 is 5.11 Å². The van der Waals surface area contributed by atoms with Gasteiger partial charge in [0.2, 0.25) is 0 Å². The zero-order valence-electron chi connectivity index (χ0n) is 9.00. The highest BCUT2D eigenvalue weighted by Gasteiger charge is 1.88. The molecular weight excluding hydrogens is 238 g/mol. The monoisotopic (exact) mass is 253 g/mol. The van der Waals surface area contributed by atoms with Crippen molar-refractivity contribution in [3.63, 3.8) is 0 Å². The first-order chi connectivity index (χ1) is 7.86.